The molecule has 1 aliphatic heterocycles. The monoisotopic (exact) mass is 421 g/mol. The summed E-state index contributed by atoms with van der Waals surface area (Å²) in [6, 6.07) is 7.72. The number of nitrogens with one attached hydrogen (secondary N) is 2. The minimum absolute atomic E-state index is 0. The summed E-state index contributed by atoms with van der Waals surface area (Å²) < 4.78 is 5.14. The Balaban J connectivity index is 0.00000312. The van der Waals surface area contributed by atoms with Crippen LogP contribution in [0.2, 0.25) is 0 Å². The molecule has 0 aliphatic carbocycles. The predicted molar refractivity (Wildman–Crippen MR) is 87.9 cm³/mol. The van der Waals surface area contributed by atoms with Crippen molar-refractivity contribution in [3.63, 3.8) is 0 Å². The molecule has 0 radical (unpaired) electrons. The minimum Gasteiger partial charge on any atom is -0.666 e. The number of carbonyl (C=O) groups is 3. The Labute approximate surface area is 172 Å². The Hall–Kier alpha value is -1.47. The van der Waals surface area contributed by atoms with Gasteiger partial charge in [-0.05, 0) is 31.7 Å². The zero-order valence-corrected chi connectivity index (χ0v) is 17.1. The Morgan fingerprint density at radius 2 is 2.00 bits per heavy atom. The van der Waals surface area contributed by atoms with Gasteiger partial charge in [-0.2, -0.15) is 0 Å². The molecule has 2 rings (SSSR count). The fraction of sp³-hybridized carbons (Fsp3) is 0.471. The molecule has 1 aliphatic rings. The van der Waals surface area contributed by atoms with Crippen LogP contribution in [0.15, 0.2) is 30.3 Å². The van der Waals surface area contributed by atoms with Crippen molar-refractivity contribution in [1.82, 2.24) is 10.2 Å². The van der Waals surface area contributed by atoms with E-state index in [1.165, 1.54) is 11.8 Å². The molecule has 1 heterocycles. The molecule has 2 N–H and O–H groups in total. The van der Waals surface area contributed by atoms with Crippen molar-refractivity contribution in [3.8, 4) is 0 Å². The average molecular weight is 421 g/mol. The second-order valence-electron chi connectivity index (χ2n) is 5.83. The molecule has 130 valence electrons. The molecule has 2 atom stereocenters. The maximum Gasteiger partial charge on any atom is 3.00 e. The molecule has 25 heavy (non-hydrogen) atoms. The maximum absolute atomic E-state index is 12.5. The zero-order chi connectivity index (χ0) is 17.5. The van der Waals surface area contributed by atoms with Gasteiger partial charge in [0.1, 0.15) is 12.6 Å². The number of alkyl carbamates (subject to hydrolysis) is 1. The van der Waals surface area contributed by atoms with Crippen molar-refractivity contribution >= 4 is 17.9 Å². The molecular weight excluding hydrogens is 399 g/mol. The zero-order valence-electron chi connectivity index (χ0n) is 14.2. The third-order valence-electron chi connectivity index (χ3n) is 4.07. The van der Waals surface area contributed by atoms with Gasteiger partial charge in [-0.1, -0.05) is 30.3 Å². The Bertz CT molecular complexity index is 597. The SMILES string of the molecule is CC(C([NH-])=O)N1CCCCC(NC(=O)OCc2ccccc2)C1=O.[Y+3]. The van der Waals surface area contributed by atoms with Crippen LogP contribution in [-0.2, 0) is 53.6 Å². The predicted octanol–water partition coefficient (Wildman–Crippen LogP) is 2.26. The summed E-state index contributed by atoms with van der Waals surface area (Å²) in [5.41, 5.74) is 8.06. The van der Waals surface area contributed by atoms with Gasteiger partial charge in [-0.3, -0.25) is 4.79 Å². The van der Waals surface area contributed by atoms with E-state index in [2.05, 4.69) is 5.32 Å². The summed E-state index contributed by atoms with van der Waals surface area (Å²) >= 11 is 0. The molecule has 1 saturated heterocycles. The van der Waals surface area contributed by atoms with Crippen molar-refractivity contribution in [1.29, 1.82) is 0 Å². The van der Waals surface area contributed by atoms with Gasteiger partial charge in [-0.15, -0.1) is 0 Å². The first-order chi connectivity index (χ1) is 11.5. The third-order valence-corrected chi connectivity index (χ3v) is 4.07. The topological polar surface area (TPSA) is 99.5 Å². The van der Waals surface area contributed by atoms with Crippen molar-refractivity contribution in [2.75, 3.05) is 6.54 Å². The van der Waals surface area contributed by atoms with E-state index in [0.29, 0.717) is 13.0 Å². The third kappa shape index (κ3) is 6.40. The van der Waals surface area contributed by atoms with Crippen LogP contribution in [0, 0.1) is 0 Å². The first kappa shape index (κ1) is 21.6. The molecule has 0 bridgehead atoms. The summed E-state index contributed by atoms with van der Waals surface area (Å²) in [5.74, 6) is -1.15. The van der Waals surface area contributed by atoms with Crippen molar-refractivity contribution in [2.24, 2.45) is 0 Å². The Morgan fingerprint density at radius 3 is 2.64 bits per heavy atom. The standard InChI is InChI=1S/C17H23N3O4.Y/c1-12(15(18)21)20-10-6-5-9-14(16(20)22)19-17(23)24-11-13-7-3-2-4-8-13;/h2-4,7-8,12,14H,5-6,9-11H2,1H3,(H3,18,19,21,23);/q;+3/p-1. The van der Waals surface area contributed by atoms with Crippen LogP contribution in [0.1, 0.15) is 31.7 Å². The summed E-state index contributed by atoms with van der Waals surface area (Å²) in [6.07, 6.45) is 1.32. The van der Waals surface area contributed by atoms with Gasteiger partial charge in [0.2, 0.25) is 5.91 Å². The van der Waals surface area contributed by atoms with E-state index in [0.717, 1.165) is 18.4 Å². The van der Waals surface area contributed by atoms with Crippen LogP contribution >= 0.6 is 0 Å². The molecule has 0 saturated carbocycles. The van der Waals surface area contributed by atoms with Crippen LogP contribution < -0.4 is 5.32 Å². The molecule has 1 fully saturated rings. The average Bonchev–Trinajstić information content (AvgIpc) is 2.75. The number of ether oxygens (including phenoxy) is 1. The van der Waals surface area contributed by atoms with E-state index in [-0.39, 0.29) is 45.2 Å². The fourth-order valence-corrected chi connectivity index (χ4v) is 2.63. The molecule has 0 aromatic heterocycles. The van der Waals surface area contributed by atoms with E-state index in [4.69, 9.17) is 10.5 Å². The second-order valence-corrected chi connectivity index (χ2v) is 5.83. The number of amides is 3. The van der Waals surface area contributed by atoms with Crippen LogP contribution in [0.3, 0.4) is 0 Å². The second kappa shape index (κ2) is 10.5. The number of rotatable bonds is 5. The number of benzene rings is 1. The number of likely N-dealkylation sites (tertiary alicyclic amines) is 1. The summed E-state index contributed by atoms with van der Waals surface area (Å²) in [4.78, 5) is 37.1. The summed E-state index contributed by atoms with van der Waals surface area (Å²) in [7, 11) is 0. The Morgan fingerprint density at radius 1 is 1.32 bits per heavy atom. The van der Waals surface area contributed by atoms with Gasteiger partial charge in [0.25, 0.3) is 0 Å². The number of hydrogen-bond donors (Lipinski definition) is 1. The smallest absolute Gasteiger partial charge is 0.666 e. The summed E-state index contributed by atoms with van der Waals surface area (Å²) in [5, 5.41) is 2.58. The summed E-state index contributed by atoms with van der Waals surface area (Å²) in [6.45, 7) is 2.07. The quantitative estimate of drug-likeness (QED) is 0.789. The van der Waals surface area contributed by atoms with Crippen LogP contribution in [0.25, 0.3) is 5.73 Å². The normalized spacial score (nSPS) is 18.5. The van der Waals surface area contributed by atoms with Crippen LogP contribution in [-0.4, -0.2) is 41.4 Å². The maximum atomic E-state index is 12.5. The molecule has 8 heteroatoms. The van der Waals surface area contributed by atoms with E-state index in [1.54, 1.807) is 0 Å². The van der Waals surface area contributed by atoms with Gasteiger partial charge in [0.15, 0.2) is 0 Å². The van der Waals surface area contributed by atoms with E-state index in [1.807, 2.05) is 30.3 Å². The van der Waals surface area contributed by atoms with Gasteiger partial charge in [-0.25, -0.2) is 4.79 Å². The first-order valence-corrected chi connectivity index (χ1v) is 8.02. The minimum atomic E-state index is -0.810. The van der Waals surface area contributed by atoms with E-state index < -0.39 is 24.1 Å². The van der Waals surface area contributed by atoms with Crippen molar-refractivity contribution in [3.05, 3.63) is 41.6 Å². The molecule has 1 aromatic carbocycles. The van der Waals surface area contributed by atoms with Crippen LogP contribution in [0.4, 0.5) is 4.79 Å². The molecular formula is C17H22N3O4Y+2. The largest absolute Gasteiger partial charge is 3.00 e. The molecule has 1 aromatic rings. The molecule has 3 amide bonds. The first-order valence-electron chi connectivity index (χ1n) is 8.02. The Kier molecular flexibility index (Phi) is 9.07. The fourth-order valence-electron chi connectivity index (χ4n) is 2.63. The van der Waals surface area contributed by atoms with Crippen LogP contribution in [0.5, 0.6) is 0 Å². The number of carbonyl (C=O) groups excluding carboxylic acids is 3. The van der Waals surface area contributed by atoms with E-state index in [9.17, 15) is 14.4 Å². The van der Waals surface area contributed by atoms with Gasteiger partial charge in [0, 0.05) is 6.54 Å². The number of nitrogens with zero attached hydrogens (tertiary/aromatic N) is 1. The molecule has 2 unspecified atom stereocenters. The van der Waals surface area contributed by atoms with Crippen molar-refractivity contribution < 1.29 is 51.8 Å². The van der Waals surface area contributed by atoms with E-state index >= 15 is 0 Å². The molecule has 0 spiro atoms. The molecule has 7 nitrogen and oxygen atoms in total. The van der Waals surface area contributed by atoms with Gasteiger partial charge in [0.05, 0.1) is 11.9 Å². The van der Waals surface area contributed by atoms with Gasteiger partial charge < -0.3 is 25.5 Å². The van der Waals surface area contributed by atoms with Crippen molar-refractivity contribution in [2.45, 2.75) is 44.9 Å². The van der Waals surface area contributed by atoms with Gasteiger partial charge >= 0.3 is 38.8 Å². The number of hydrogen-bond acceptors (Lipinski definition) is 4.